The second kappa shape index (κ2) is 8.17. The van der Waals surface area contributed by atoms with E-state index < -0.39 is 0 Å². The van der Waals surface area contributed by atoms with Crippen LogP contribution in [0.4, 0.5) is 5.69 Å². The Labute approximate surface area is 169 Å². The normalized spacial score (nSPS) is 14.9. The van der Waals surface area contributed by atoms with Gasteiger partial charge in [0, 0.05) is 47.0 Å². The van der Waals surface area contributed by atoms with E-state index in [2.05, 4.69) is 11.1 Å². The smallest absolute Gasteiger partial charge is 0.242 e. The molecule has 1 fully saturated rings. The van der Waals surface area contributed by atoms with Gasteiger partial charge < -0.3 is 14.2 Å². The fourth-order valence-corrected chi connectivity index (χ4v) is 3.61. The van der Waals surface area contributed by atoms with Crippen molar-refractivity contribution in [2.45, 2.75) is 13.5 Å². The number of rotatable bonds is 4. The maximum atomic E-state index is 12.7. The average Bonchev–Trinajstić information content (AvgIpc) is 3.07. The minimum Gasteiger partial charge on any atom is -0.378 e. The molecule has 3 aromatic rings. The monoisotopic (exact) mass is 395 g/mol. The summed E-state index contributed by atoms with van der Waals surface area (Å²) in [6.45, 7) is 4.79. The van der Waals surface area contributed by atoms with Crippen molar-refractivity contribution in [2.75, 3.05) is 26.3 Å². The van der Waals surface area contributed by atoms with Gasteiger partial charge in [0.1, 0.15) is 6.54 Å². The van der Waals surface area contributed by atoms with Gasteiger partial charge in [0.2, 0.25) is 5.91 Å². The van der Waals surface area contributed by atoms with E-state index in [0.29, 0.717) is 37.9 Å². The number of benzene rings is 2. The van der Waals surface area contributed by atoms with Crippen molar-refractivity contribution in [3.63, 3.8) is 0 Å². The van der Waals surface area contributed by atoms with Crippen LogP contribution in [0.3, 0.4) is 0 Å². The molecule has 0 N–H and O–H groups in total. The number of morpholine rings is 1. The molecule has 0 atom stereocenters. The van der Waals surface area contributed by atoms with Gasteiger partial charge in [0.25, 0.3) is 0 Å². The number of ether oxygens (including phenoxy) is 1. The summed E-state index contributed by atoms with van der Waals surface area (Å²) in [6.07, 6.45) is 3.84. The Kier molecular flexibility index (Phi) is 5.46. The Bertz CT molecular complexity index is 1040. The zero-order chi connectivity index (χ0) is 19.5. The lowest BCUT2D eigenvalue weighted by Crippen LogP contribution is -2.42. The van der Waals surface area contributed by atoms with Crippen LogP contribution in [-0.2, 0) is 16.1 Å². The first kappa shape index (κ1) is 18.7. The van der Waals surface area contributed by atoms with Crippen LogP contribution in [0.5, 0.6) is 0 Å². The van der Waals surface area contributed by atoms with Crippen LogP contribution in [-0.4, -0.2) is 47.9 Å². The number of aromatic nitrogens is 1. The number of nitrogens with zero attached hydrogens (tertiary/aromatic N) is 3. The van der Waals surface area contributed by atoms with Crippen molar-refractivity contribution >= 4 is 40.3 Å². The standard InChI is InChI=1S/C22H22ClN3O2/c1-16-19(23)6-4-7-20(16)24-13-17-14-26(21-8-3-2-5-18(17)21)15-22(27)25-9-11-28-12-10-25/h2-8,13-14H,9-12,15H2,1H3. The molecular formula is C22H22ClN3O2. The molecule has 2 heterocycles. The number of halogens is 1. The van der Waals surface area contributed by atoms with Crippen LogP contribution in [0.25, 0.3) is 10.9 Å². The van der Waals surface area contributed by atoms with E-state index in [0.717, 1.165) is 27.7 Å². The van der Waals surface area contributed by atoms with Crippen LogP contribution < -0.4 is 0 Å². The number of hydrogen-bond acceptors (Lipinski definition) is 3. The van der Waals surface area contributed by atoms with Gasteiger partial charge in [-0.1, -0.05) is 35.9 Å². The van der Waals surface area contributed by atoms with Crippen molar-refractivity contribution in [2.24, 2.45) is 4.99 Å². The highest BCUT2D eigenvalue weighted by Crippen LogP contribution is 2.26. The highest BCUT2D eigenvalue weighted by atomic mass is 35.5. The second-order valence-electron chi connectivity index (χ2n) is 6.86. The molecule has 0 saturated carbocycles. The van der Waals surface area contributed by atoms with Crippen LogP contribution in [0.2, 0.25) is 5.02 Å². The lowest BCUT2D eigenvalue weighted by Gasteiger charge is -2.27. The molecule has 144 valence electrons. The quantitative estimate of drug-likeness (QED) is 0.621. The Morgan fingerprint density at radius 2 is 1.96 bits per heavy atom. The number of hydrogen-bond donors (Lipinski definition) is 0. The van der Waals surface area contributed by atoms with Crippen LogP contribution >= 0.6 is 11.6 Å². The molecule has 5 nitrogen and oxygen atoms in total. The lowest BCUT2D eigenvalue weighted by molar-refractivity contribution is -0.135. The predicted octanol–water partition coefficient (Wildman–Crippen LogP) is 4.21. The summed E-state index contributed by atoms with van der Waals surface area (Å²) in [6, 6.07) is 13.8. The number of amides is 1. The Hall–Kier alpha value is -2.63. The molecule has 1 aromatic heterocycles. The number of fused-ring (bicyclic) bond motifs is 1. The molecule has 6 heteroatoms. The largest absolute Gasteiger partial charge is 0.378 e. The molecule has 0 radical (unpaired) electrons. The molecule has 1 aliphatic heterocycles. The number of carbonyl (C=O) groups excluding carboxylic acids is 1. The van der Waals surface area contributed by atoms with Gasteiger partial charge in [-0.05, 0) is 30.7 Å². The summed E-state index contributed by atoms with van der Waals surface area (Å²) >= 11 is 6.20. The third-order valence-electron chi connectivity index (χ3n) is 5.07. The Morgan fingerprint density at radius 1 is 1.18 bits per heavy atom. The third-order valence-corrected chi connectivity index (χ3v) is 5.48. The van der Waals surface area contributed by atoms with Crippen molar-refractivity contribution < 1.29 is 9.53 Å². The molecular weight excluding hydrogens is 374 g/mol. The maximum absolute atomic E-state index is 12.7. The van der Waals surface area contributed by atoms with Gasteiger partial charge in [0.15, 0.2) is 0 Å². The highest BCUT2D eigenvalue weighted by Gasteiger charge is 2.18. The van der Waals surface area contributed by atoms with Gasteiger partial charge in [-0.25, -0.2) is 0 Å². The summed E-state index contributed by atoms with van der Waals surface area (Å²) in [4.78, 5) is 19.2. The van der Waals surface area contributed by atoms with Crippen molar-refractivity contribution in [1.82, 2.24) is 9.47 Å². The second-order valence-corrected chi connectivity index (χ2v) is 7.27. The van der Waals surface area contributed by atoms with E-state index in [9.17, 15) is 4.79 Å². The summed E-state index contributed by atoms with van der Waals surface area (Å²) in [7, 11) is 0. The molecule has 1 aliphatic rings. The first-order valence-electron chi connectivity index (χ1n) is 9.36. The highest BCUT2D eigenvalue weighted by molar-refractivity contribution is 6.31. The molecule has 0 aliphatic carbocycles. The third kappa shape index (κ3) is 3.81. The first-order valence-corrected chi connectivity index (χ1v) is 9.74. The Balaban J connectivity index is 1.63. The molecule has 4 rings (SSSR count). The van der Waals surface area contributed by atoms with E-state index in [1.54, 1.807) is 0 Å². The SMILES string of the molecule is Cc1c(Cl)cccc1N=Cc1cn(CC(=O)N2CCOCC2)c2ccccc12. The van der Waals surface area contributed by atoms with Gasteiger partial charge >= 0.3 is 0 Å². The Morgan fingerprint density at radius 3 is 2.79 bits per heavy atom. The summed E-state index contributed by atoms with van der Waals surface area (Å²) in [5.41, 5.74) is 3.79. The maximum Gasteiger partial charge on any atom is 0.242 e. The number of para-hydroxylation sites is 1. The van der Waals surface area contributed by atoms with Gasteiger partial charge in [0.05, 0.1) is 18.9 Å². The fraction of sp³-hybridized carbons (Fsp3) is 0.273. The zero-order valence-corrected chi connectivity index (χ0v) is 16.5. The van der Waals surface area contributed by atoms with E-state index in [4.69, 9.17) is 16.3 Å². The topological polar surface area (TPSA) is 46.8 Å². The van der Waals surface area contributed by atoms with E-state index in [1.807, 2.05) is 65.2 Å². The minimum absolute atomic E-state index is 0.109. The molecule has 0 spiro atoms. The van der Waals surface area contributed by atoms with Crippen LogP contribution in [0.15, 0.2) is 53.7 Å². The summed E-state index contributed by atoms with van der Waals surface area (Å²) in [5.74, 6) is 0.109. The lowest BCUT2D eigenvalue weighted by atomic mass is 10.2. The van der Waals surface area contributed by atoms with E-state index in [-0.39, 0.29) is 5.91 Å². The summed E-state index contributed by atoms with van der Waals surface area (Å²) in [5, 5.41) is 1.77. The minimum atomic E-state index is 0.109. The van der Waals surface area contributed by atoms with Gasteiger partial charge in [-0.15, -0.1) is 0 Å². The number of aliphatic imine (C=N–C) groups is 1. The molecule has 1 amide bonds. The van der Waals surface area contributed by atoms with Crippen molar-refractivity contribution in [3.05, 3.63) is 64.8 Å². The number of carbonyl (C=O) groups is 1. The molecule has 1 saturated heterocycles. The van der Waals surface area contributed by atoms with Gasteiger partial charge in [-0.3, -0.25) is 9.79 Å². The van der Waals surface area contributed by atoms with E-state index in [1.165, 1.54) is 0 Å². The van der Waals surface area contributed by atoms with Crippen molar-refractivity contribution in [3.8, 4) is 0 Å². The predicted molar refractivity (Wildman–Crippen MR) is 113 cm³/mol. The van der Waals surface area contributed by atoms with Crippen LogP contribution in [0, 0.1) is 6.92 Å². The molecule has 0 unspecified atom stereocenters. The van der Waals surface area contributed by atoms with Crippen molar-refractivity contribution in [1.29, 1.82) is 0 Å². The average molecular weight is 396 g/mol. The van der Waals surface area contributed by atoms with E-state index >= 15 is 0 Å². The molecule has 2 aromatic carbocycles. The fourth-order valence-electron chi connectivity index (χ4n) is 3.44. The van der Waals surface area contributed by atoms with Crippen LogP contribution in [0.1, 0.15) is 11.1 Å². The van der Waals surface area contributed by atoms with Gasteiger partial charge in [-0.2, -0.15) is 0 Å². The zero-order valence-electron chi connectivity index (χ0n) is 15.8. The molecule has 0 bridgehead atoms. The summed E-state index contributed by atoms with van der Waals surface area (Å²) < 4.78 is 7.34. The first-order chi connectivity index (χ1) is 13.6. The molecule has 28 heavy (non-hydrogen) atoms.